The number of methoxy groups -OCH3 is 1. The number of likely N-dealkylation sites (tertiary alicyclic amines) is 1. The number of aliphatic hydroxyl groups excluding tert-OH is 1. The number of hydrogen-bond donors (Lipinski definition) is 1. The molecule has 0 amide bonds. The Bertz CT molecular complexity index is 218. The summed E-state index contributed by atoms with van der Waals surface area (Å²) in [7, 11) is 1.43. The topological polar surface area (TPSA) is 49.8 Å². The van der Waals surface area contributed by atoms with Gasteiger partial charge in [0.2, 0.25) is 0 Å². The number of rotatable bonds is 5. The first-order valence-electron chi connectivity index (χ1n) is 5.56. The molecule has 4 heteroatoms. The summed E-state index contributed by atoms with van der Waals surface area (Å²) in [5, 5.41) is 8.99. The van der Waals surface area contributed by atoms with Crippen molar-refractivity contribution in [3.8, 4) is 0 Å². The largest absolute Gasteiger partial charge is 0.468 e. The SMILES string of the molecule is COC(=O)C1CCN1C(CCO)C(C)C. The van der Waals surface area contributed by atoms with Crippen LogP contribution in [-0.2, 0) is 9.53 Å². The zero-order valence-electron chi connectivity index (χ0n) is 9.77. The van der Waals surface area contributed by atoms with E-state index in [4.69, 9.17) is 9.84 Å². The molecule has 1 aliphatic rings. The van der Waals surface area contributed by atoms with Gasteiger partial charge in [-0.3, -0.25) is 9.69 Å². The van der Waals surface area contributed by atoms with Crippen molar-refractivity contribution in [2.24, 2.45) is 5.92 Å². The maximum absolute atomic E-state index is 11.4. The van der Waals surface area contributed by atoms with Crippen molar-refractivity contribution in [2.75, 3.05) is 20.3 Å². The van der Waals surface area contributed by atoms with Gasteiger partial charge in [-0.1, -0.05) is 13.8 Å². The van der Waals surface area contributed by atoms with Gasteiger partial charge in [0.1, 0.15) is 6.04 Å². The fourth-order valence-corrected chi connectivity index (χ4v) is 2.21. The molecule has 0 radical (unpaired) electrons. The molecule has 1 rings (SSSR count). The molecule has 0 spiro atoms. The molecule has 1 heterocycles. The Kier molecular flexibility index (Phi) is 4.54. The van der Waals surface area contributed by atoms with Crippen LogP contribution >= 0.6 is 0 Å². The Labute approximate surface area is 91.2 Å². The van der Waals surface area contributed by atoms with Crippen molar-refractivity contribution >= 4 is 5.97 Å². The van der Waals surface area contributed by atoms with Crippen LogP contribution in [0.5, 0.6) is 0 Å². The third kappa shape index (κ3) is 2.69. The minimum atomic E-state index is -0.148. The highest BCUT2D eigenvalue weighted by Crippen LogP contribution is 2.27. The maximum atomic E-state index is 11.4. The quantitative estimate of drug-likeness (QED) is 0.684. The van der Waals surface area contributed by atoms with Crippen LogP contribution in [-0.4, -0.2) is 48.3 Å². The number of aliphatic hydroxyl groups is 1. The fraction of sp³-hybridized carbons (Fsp3) is 0.909. The van der Waals surface area contributed by atoms with Crippen molar-refractivity contribution < 1.29 is 14.6 Å². The van der Waals surface area contributed by atoms with Gasteiger partial charge in [-0.2, -0.15) is 0 Å². The highest BCUT2D eigenvalue weighted by atomic mass is 16.5. The molecule has 15 heavy (non-hydrogen) atoms. The van der Waals surface area contributed by atoms with Gasteiger partial charge in [0, 0.05) is 19.2 Å². The lowest BCUT2D eigenvalue weighted by Gasteiger charge is -2.45. The van der Waals surface area contributed by atoms with Gasteiger partial charge in [-0.25, -0.2) is 0 Å². The Morgan fingerprint density at radius 1 is 1.60 bits per heavy atom. The van der Waals surface area contributed by atoms with Crippen LogP contribution in [0.1, 0.15) is 26.7 Å². The normalized spacial score (nSPS) is 23.7. The number of hydrogen-bond acceptors (Lipinski definition) is 4. The van der Waals surface area contributed by atoms with E-state index in [1.165, 1.54) is 7.11 Å². The first-order valence-corrected chi connectivity index (χ1v) is 5.56. The van der Waals surface area contributed by atoms with Crippen LogP contribution in [0.15, 0.2) is 0 Å². The second-order valence-corrected chi connectivity index (χ2v) is 4.39. The summed E-state index contributed by atoms with van der Waals surface area (Å²) in [6, 6.07) is 0.196. The van der Waals surface area contributed by atoms with Crippen LogP contribution < -0.4 is 0 Å². The molecule has 1 N–H and O–H groups in total. The molecule has 88 valence electrons. The van der Waals surface area contributed by atoms with Crippen molar-refractivity contribution in [3.05, 3.63) is 0 Å². The second-order valence-electron chi connectivity index (χ2n) is 4.39. The van der Waals surface area contributed by atoms with E-state index in [0.29, 0.717) is 5.92 Å². The molecular weight excluding hydrogens is 194 g/mol. The summed E-state index contributed by atoms with van der Waals surface area (Å²) in [6.45, 7) is 5.34. The molecule has 0 bridgehead atoms. The van der Waals surface area contributed by atoms with E-state index < -0.39 is 0 Å². The van der Waals surface area contributed by atoms with E-state index in [2.05, 4.69) is 18.7 Å². The zero-order valence-corrected chi connectivity index (χ0v) is 9.77. The molecule has 0 aromatic rings. The van der Waals surface area contributed by atoms with Gasteiger partial charge < -0.3 is 9.84 Å². The molecule has 2 unspecified atom stereocenters. The van der Waals surface area contributed by atoms with Crippen molar-refractivity contribution in [1.29, 1.82) is 0 Å². The van der Waals surface area contributed by atoms with Crippen LogP contribution in [0, 0.1) is 5.92 Å². The minimum Gasteiger partial charge on any atom is -0.468 e. The standard InChI is InChI=1S/C11H21NO3/c1-8(2)9(5-7-13)12-6-4-10(12)11(14)15-3/h8-10,13H,4-7H2,1-3H3. The van der Waals surface area contributed by atoms with Crippen LogP contribution in [0.3, 0.4) is 0 Å². The smallest absolute Gasteiger partial charge is 0.323 e. The van der Waals surface area contributed by atoms with Gasteiger partial charge >= 0.3 is 5.97 Å². The predicted octanol–water partition coefficient (Wildman–Crippen LogP) is 0.641. The average molecular weight is 215 g/mol. The summed E-state index contributed by atoms with van der Waals surface area (Å²) in [5.74, 6) is 0.300. The van der Waals surface area contributed by atoms with Crippen LogP contribution in [0.25, 0.3) is 0 Å². The number of ether oxygens (including phenoxy) is 1. The van der Waals surface area contributed by atoms with Gasteiger partial charge in [0.05, 0.1) is 7.11 Å². The molecule has 1 aliphatic heterocycles. The van der Waals surface area contributed by atoms with Gasteiger partial charge in [-0.05, 0) is 18.8 Å². The first kappa shape index (κ1) is 12.5. The Morgan fingerprint density at radius 3 is 2.60 bits per heavy atom. The van der Waals surface area contributed by atoms with E-state index >= 15 is 0 Å². The lowest BCUT2D eigenvalue weighted by Crippen LogP contribution is -2.58. The minimum absolute atomic E-state index is 0.0889. The van der Waals surface area contributed by atoms with E-state index in [1.54, 1.807) is 0 Å². The molecule has 4 nitrogen and oxygen atoms in total. The molecule has 0 aromatic heterocycles. The highest BCUT2D eigenvalue weighted by Gasteiger charge is 2.39. The summed E-state index contributed by atoms with van der Waals surface area (Å²) < 4.78 is 4.75. The molecular formula is C11H21NO3. The molecule has 2 atom stereocenters. The summed E-state index contributed by atoms with van der Waals surface area (Å²) >= 11 is 0. The third-order valence-corrected chi connectivity index (χ3v) is 3.15. The average Bonchev–Trinajstić information content (AvgIpc) is 2.15. The predicted molar refractivity (Wildman–Crippen MR) is 57.5 cm³/mol. The van der Waals surface area contributed by atoms with Gasteiger partial charge in [0.25, 0.3) is 0 Å². The van der Waals surface area contributed by atoms with Crippen molar-refractivity contribution in [2.45, 2.75) is 38.8 Å². The molecule has 0 aliphatic carbocycles. The summed E-state index contributed by atoms with van der Waals surface area (Å²) in [6.07, 6.45) is 1.60. The Hall–Kier alpha value is -0.610. The summed E-state index contributed by atoms with van der Waals surface area (Å²) in [4.78, 5) is 13.6. The Morgan fingerprint density at radius 2 is 2.27 bits per heavy atom. The molecule has 0 saturated carbocycles. The van der Waals surface area contributed by atoms with Crippen molar-refractivity contribution in [3.63, 3.8) is 0 Å². The number of nitrogens with zero attached hydrogens (tertiary/aromatic N) is 1. The number of esters is 1. The monoisotopic (exact) mass is 215 g/mol. The van der Waals surface area contributed by atoms with E-state index in [0.717, 1.165) is 19.4 Å². The third-order valence-electron chi connectivity index (χ3n) is 3.15. The fourth-order valence-electron chi connectivity index (χ4n) is 2.21. The second kappa shape index (κ2) is 5.47. The van der Waals surface area contributed by atoms with Crippen molar-refractivity contribution in [1.82, 2.24) is 4.90 Å². The zero-order chi connectivity index (χ0) is 11.4. The highest BCUT2D eigenvalue weighted by molar-refractivity contribution is 5.76. The molecule has 1 fully saturated rings. The lowest BCUT2D eigenvalue weighted by atomic mass is 9.91. The van der Waals surface area contributed by atoms with Crippen LogP contribution in [0.2, 0.25) is 0 Å². The maximum Gasteiger partial charge on any atom is 0.323 e. The van der Waals surface area contributed by atoms with Gasteiger partial charge in [0.15, 0.2) is 0 Å². The number of carbonyl (C=O) groups is 1. The Balaban J connectivity index is 2.57. The van der Waals surface area contributed by atoms with E-state index in [1.807, 2.05) is 0 Å². The molecule has 0 aromatic carbocycles. The van der Waals surface area contributed by atoms with Gasteiger partial charge in [-0.15, -0.1) is 0 Å². The first-order chi connectivity index (χ1) is 7.11. The summed E-state index contributed by atoms with van der Waals surface area (Å²) in [5.41, 5.74) is 0. The molecule has 1 saturated heterocycles. The number of carbonyl (C=O) groups excluding carboxylic acids is 1. The van der Waals surface area contributed by atoms with E-state index in [-0.39, 0.29) is 24.7 Å². The van der Waals surface area contributed by atoms with Crippen LogP contribution in [0.4, 0.5) is 0 Å². The van der Waals surface area contributed by atoms with E-state index in [9.17, 15) is 4.79 Å². The lowest BCUT2D eigenvalue weighted by molar-refractivity contribution is -0.155.